The zero-order chi connectivity index (χ0) is 29.9. The summed E-state index contributed by atoms with van der Waals surface area (Å²) in [6, 6.07) is 53.5. The molecule has 44 heavy (non-hydrogen) atoms. The molecule has 5 heteroatoms. The van der Waals surface area contributed by atoms with E-state index in [4.69, 9.17) is 28.3 Å². The van der Waals surface area contributed by atoms with Crippen LogP contribution in [0.25, 0.3) is 33.3 Å². The molecule has 212 valence electrons. The molecule has 0 fully saturated rings. The standard InChI is InChI=1S/C39H27Cl2N3/c40-31-21-17-29(18-22-31)38-36-13-7-8-14-37(36)39(30-19-23-32(41)24-20-30)44(38)42-27-28-15-25-35(26-16-28)43(33-9-3-1-4-10-33)34-11-5-2-6-12-34/h1-27H. The van der Waals surface area contributed by atoms with E-state index < -0.39 is 0 Å². The van der Waals surface area contributed by atoms with Gasteiger partial charge in [-0.1, -0.05) is 120 Å². The van der Waals surface area contributed by atoms with Gasteiger partial charge in [-0.15, -0.1) is 0 Å². The van der Waals surface area contributed by atoms with E-state index in [-0.39, 0.29) is 0 Å². The number of rotatable bonds is 7. The van der Waals surface area contributed by atoms with Gasteiger partial charge >= 0.3 is 0 Å². The van der Waals surface area contributed by atoms with Gasteiger partial charge in [-0.3, -0.25) is 0 Å². The molecule has 1 aromatic heterocycles. The molecule has 0 radical (unpaired) electrons. The summed E-state index contributed by atoms with van der Waals surface area (Å²) in [5, 5.41) is 8.71. The fourth-order valence-electron chi connectivity index (χ4n) is 5.56. The molecule has 0 aliphatic carbocycles. The summed E-state index contributed by atoms with van der Waals surface area (Å²) >= 11 is 12.6. The van der Waals surface area contributed by atoms with Crippen molar-refractivity contribution >= 4 is 57.3 Å². The van der Waals surface area contributed by atoms with E-state index in [9.17, 15) is 0 Å². The lowest BCUT2D eigenvalue weighted by atomic mass is 10.0. The predicted octanol–water partition coefficient (Wildman–Crippen LogP) is 11.6. The van der Waals surface area contributed by atoms with Crippen LogP contribution in [0.15, 0.2) is 163 Å². The van der Waals surface area contributed by atoms with E-state index in [0.717, 1.165) is 55.9 Å². The molecule has 0 amide bonds. The van der Waals surface area contributed by atoms with Crippen molar-refractivity contribution in [2.24, 2.45) is 5.10 Å². The highest BCUT2D eigenvalue weighted by molar-refractivity contribution is 6.31. The minimum atomic E-state index is 0.692. The molecule has 3 nitrogen and oxygen atoms in total. The van der Waals surface area contributed by atoms with Gasteiger partial charge in [-0.25, -0.2) is 4.68 Å². The highest BCUT2D eigenvalue weighted by Crippen LogP contribution is 2.40. The molecule has 0 saturated carbocycles. The number of fused-ring (bicyclic) bond motifs is 1. The van der Waals surface area contributed by atoms with Gasteiger partial charge in [0.1, 0.15) is 0 Å². The Morgan fingerprint density at radius 1 is 0.455 bits per heavy atom. The van der Waals surface area contributed by atoms with E-state index in [1.165, 1.54) is 0 Å². The molecular weight excluding hydrogens is 581 g/mol. The minimum Gasteiger partial charge on any atom is -0.311 e. The van der Waals surface area contributed by atoms with E-state index in [1.54, 1.807) is 0 Å². The van der Waals surface area contributed by atoms with Crippen molar-refractivity contribution < 1.29 is 0 Å². The first-order chi connectivity index (χ1) is 21.7. The molecule has 7 aromatic rings. The van der Waals surface area contributed by atoms with Gasteiger partial charge in [0.2, 0.25) is 0 Å². The van der Waals surface area contributed by atoms with Crippen molar-refractivity contribution in [3.8, 4) is 22.5 Å². The quantitative estimate of drug-likeness (QED) is 0.165. The molecule has 0 spiro atoms. The van der Waals surface area contributed by atoms with Gasteiger partial charge in [-0.2, -0.15) is 5.10 Å². The number of anilines is 3. The van der Waals surface area contributed by atoms with Crippen LogP contribution in [0.4, 0.5) is 17.1 Å². The second-order valence-electron chi connectivity index (χ2n) is 10.4. The molecule has 0 aliphatic rings. The Labute approximate surface area is 266 Å². The Kier molecular flexibility index (Phi) is 7.72. The summed E-state index contributed by atoms with van der Waals surface area (Å²) < 4.78 is 2.03. The van der Waals surface area contributed by atoms with Crippen molar-refractivity contribution in [1.82, 2.24) is 4.68 Å². The Morgan fingerprint density at radius 3 is 1.32 bits per heavy atom. The summed E-state index contributed by atoms with van der Waals surface area (Å²) in [4.78, 5) is 2.25. The molecule has 0 atom stereocenters. The number of para-hydroxylation sites is 2. The van der Waals surface area contributed by atoms with Crippen LogP contribution in [0.3, 0.4) is 0 Å². The number of hydrogen-bond donors (Lipinski definition) is 0. The largest absolute Gasteiger partial charge is 0.311 e. The number of halogens is 2. The maximum absolute atomic E-state index is 6.28. The van der Waals surface area contributed by atoms with E-state index >= 15 is 0 Å². The van der Waals surface area contributed by atoms with Crippen LogP contribution in [0, 0.1) is 0 Å². The predicted molar refractivity (Wildman–Crippen MR) is 187 cm³/mol. The van der Waals surface area contributed by atoms with Gasteiger partial charge in [0.25, 0.3) is 0 Å². The molecule has 0 unspecified atom stereocenters. The summed E-state index contributed by atoms with van der Waals surface area (Å²) in [6.45, 7) is 0. The van der Waals surface area contributed by atoms with Crippen molar-refractivity contribution in [3.05, 3.63) is 173 Å². The zero-order valence-electron chi connectivity index (χ0n) is 23.7. The van der Waals surface area contributed by atoms with Crippen LogP contribution in [-0.2, 0) is 0 Å². The third-order valence-electron chi connectivity index (χ3n) is 7.60. The molecule has 0 aliphatic heterocycles. The third-order valence-corrected chi connectivity index (χ3v) is 8.10. The van der Waals surface area contributed by atoms with E-state index in [2.05, 4.69) is 102 Å². The lowest BCUT2D eigenvalue weighted by Gasteiger charge is -2.25. The number of hydrogen-bond acceptors (Lipinski definition) is 2. The Hall–Kier alpha value is -5.09. The van der Waals surface area contributed by atoms with Crippen LogP contribution >= 0.6 is 23.2 Å². The van der Waals surface area contributed by atoms with E-state index in [1.807, 2.05) is 71.6 Å². The maximum atomic E-state index is 6.28. The van der Waals surface area contributed by atoms with Crippen LogP contribution in [0.1, 0.15) is 5.56 Å². The minimum absolute atomic E-state index is 0.692. The number of benzene rings is 6. The molecule has 7 rings (SSSR count). The molecule has 0 N–H and O–H groups in total. The zero-order valence-corrected chi connectivity index (χ0v) is 25.2. The van der Waals surface area contributed by atoms with Crippen molar-refractivity contribution in [3.63, 3.8) is 0 Å². The van der Waals surface area contributed by atoms with Crippen LogP contribution in [-0.4, -0.2) is 10.9 Å². The van der Waals surface area contributed by atoms with E-state index in [0.29, 0.717) is 10.0 Å². The van der Waals surface area contributed by atoms with Crippen LogP contribution in [0.5, 0.6) is 0 Å². The average molecular weight is 609 g/mol. The topological polar surface area (TPSA) is 20.5 Å². The maximum Gasteiger partial charge on any atom is 0.0804 e. The highest BCUT2D eigenvalue weighted by Gasteiger charge is 2.19. The smallest absolute Gasteiger partial charge is 0.0804 e. The fraction of sp³-hybridized carbons (Fsp3) is 0. The molecule has 0 bridgehead atoms. The van der Waals surface area contributed by atoms with Gasteiger partial charge in [0.05, 0.1) is 17.6 Å². The normalized spacial score (nSPS) is 11.3. The molecular formula is C39H27Cl2N3. The summed E-state index contributed by atoms with van der Waals surface area (Å²) in [5.74, 6) is 0. The summed E-state index contributed by atoms with van der Waals surface area (Å²) in [6.07, 6.45) is 1.91. The van der Waals surface area contributed by atoms with Crippen LogP contribution in [0.2, 0.25) is 10.0 Å². The van der Waals surface area contributed by atoms with Gasteiger partial charge in [0.15, 0.2) is 0 Å². The second-order valence-corrected chi connectivity index (χ2v) is 11.3. The van der Waals surface area contributed by atoms with Gasteiger partial charge in [0, 0.05) is 49.0 Å². The number of nitrogens with zero attached hydrogens (tertiary/aromatic N) is 3. The molecule has 0 saturated heterocycles. The van der Waals surface area contributed by atoms with Gasteiger partial charge < -0.3 is 4.90 Å². The van der Waals surface area contributed by atoms with Crippen molar-refractivity contribution in [1.29, 1.82) is 0 Å². The summed E-state index contributed by atoms with van der Waals surface area (Å²) in [5.41, 5.74) is 8.29. The highest BCUT2D eigenvalue weighted by atomic mass is 35.5. The third kappa shape index (κ3) is 5.51. The SMILES string of the molecule is Clc1ccc(-c2c3ccccc3c(-c3ccc(Cl)cc3)n2N=Cc2ccc(N(c3ccccc3)c3ccccc3)cc2)cc1. The van der Waals surface area contributed by atoms with Crippen LogP contribution < -0.4 is 4.90 Å². The monoisotopic (exact) mass is 607 g/mol. The second kappa shape index (κ2) is 12.3. The Morgan fingerprint density at radius 2 is 0.864 bits per heavy atom. The fourth-order valence-corrected chi connectivity index (χ4v) is 5.81. The first-order valence-corrected chi connectivity index (χ1v) is 15.1. The lowest BCUT2D eigenvalue weighted by molar-refractivity contribution is 0.917. The first kappa shape index (κ1) is 27.7. The molecule has 6 aromatic carbocycles. The van der Waals surface area contributed by atoms with Gasteiger partial charge in [-0.05, 0) is 66.2 Å². The van der Waals surface area contributed by atoms with Crippen molar-refractivity contribution in [2.75, 3.05) is 4.90 Å². The average Bonchev–Trinajstić information content (AvgIpc) is 3.40. The number of aromatic nitrogens is 1. The molecule has 1 heterocycles. The Balaban J connectivity index is 1.34. The lowest BCUT2D eigenvalue weighted by Crippen LogP contribution is -2.09. The van der Waals surface area contributed by atoms with Crippen molar-refractivity contribution in [2.45, 2.75) is 0 Å². The first-order valence-electron chi connectivity index (χ1n) is 14.4. The Bertz CT molecular complexity index is 1930. The summed E-state index contributed by atoms with van der Waals surface area (Å²) in [7, 11) is 0.